The molecule has 0 aromatic heterocycles. The zero-order valence-corrected chi connectivity index (χ0v) is 14.6. The Labute approximate surface area is 150 Å². The third kappa shape index (κ3) is 5.35. The second-order valence-electron chi connectivity index (χ2n) is 6.93. The lowest BCUT2D eigenvalue weighted by Crippen LogP contribution is -2.45. The SMILES string of the molecule is Nc1ccc(CC#CCN2CCC(O)(Cc3ccccc3)CC2)cc1. The Kier molecular flexibility index (Phi) is 5.75. The number of rotatable bonds is 4. The molecular formula is C22H26N2O. The zero-order chi connectivity index (χ0) is 17.5. The molecule has 1 fully saturated rings. The van der Waals surface area contributed by atoms with Gasteiger partial charge in [0.25, 0.3) is 0 Å². The van der Waals surface area contributed by atoms with Gasteiger partial charge in [-0.1, -0.05) is 54.3 Å². The minimum absolute atomic E-state index is 0.574. The van der Waals surface area contributed by atoms with E-state index in [1.165, 1.54) is 11.1 Å². The fraction of sp³-hybridized carbons (Fsp3) is 0.364. The van der Waals surface area contributed by atoms with Crippen molar-refractivity contribution in [1.82, 2.24) is 4.90 Å². The van der Waals surface area contributed by atoms with Crippen molar-refractivity contribution in [3.63, 3.8) is 0 Å². The standard InChI is InChI=1S/C22H26N2O/c23-21-11-9-19(10-12-21)6-4-5-15-24-16-13-22(25,14-17-24)18-20-7-2-1-3-8-20/h1-3,7-12,25H,6,13-18,23H2. The van der Waals surface area contributed by atoms with Gasteiger partial charge in [0.15, 0.2) is 0 Å². The van der Waals surface area contributed by atoms with Gasteiger partial charge in [-0.25, -0.2) is 0 Å². The van der Waals surface area contributed by atoms with Crippen molar-refractivity contribution in [2.45, 2.75) is 31.3 Å². The fourth-order valence-electron chi connectivity index (χ4n) is 3.25. The molecule has 3 N–H and O–H groups in total. The van der Waals surface area contributed by atoms with E-state index < -0.39 is 5.60 Å². The average Bonchev–Trinajstić information content (AvgIpc) is 2.62. The van der Waals surface area contributed by atoms with Crippen LogP contribution in [0.3, 0.4) is 0 Å². The number of nitrogens with zero attached hydrogens (tertiary/aromatic N) is 1. The van der Waals surface area contributed by atoms with Gasteiger partial charge in [0.2, 0.25) is 0 Å². The van der Waals surface area contributed by atoms with Crippen molar-refractivity contribution in [3.8, 4) is 11.8 Å². The number of benzene rings is 2. The van der Waals surface area contributed by atoms with Crippen LogP contribution in [-0.4, -0.2) is 35.2 Å². The van der Waals surface area contributed by atoms with E-state index in [1.54, 1.807) is 0 Å². The van der Waals surface area contributed by atoms with Gasteiger partial charge in [0.05, 0.1) is 12.1 Å². The highest BCUT2D eigenvalue weighted by molar-refractivity contribution is 5.40. The lowest BCUT2D eigenvalue weighted by atomic mass is 9.85. The first kappa shape index (κ1) is 17.5. The Morgan fingerprint density at radius 3 is 2.28 bits per heavy atom. The highest BCUT2D eigenvalue weighted by Crippen LogP contribution is 2.26. The van der Waals surface area contributed by atoms with E-state index in [1.807, 2.05) is 42.5 Å². The van der Waals surface area contributed by atoms with Crippen LogP contribution in [0.25, 0.3) is 0 Å². The predicted octanol–water partition coefficient (Wildman–Crippen LogP) is 2.88. The molecule has 1 saturated heterocycles. The van der Waals surface area contributed by atoms with Gasteiger partial charge in [-0.05, 0) is 36.1 Å². The van der Waals surface area contributed by atoms with Gasteiger partial charge >= 0.3 is 0 Å². The first-order valence-electron chi connectivity index (χ1n) is 8.92. The van der Waals surface area contributed by atoms with Crippen LogP contribution >= 0.6 is 0 Å². The number of likely N-dealkylation sites (tertiary alicyclic amines) is 1. The minimum atomic E-state index is -0.574. The number of piperidine rings is 1. The number of nitrogens with two attached hydrogens (primary N) is 1. The van der Waals surface area contributed by atoms with Gasteiger partial charge in [-0.15, -0.1) is 0 Å². The topological polar surface area (TPSA) is 49.5 Å². The summed E-state index contributed by atoms with van der Waals surface area (Å²) in [4.78, 5) is 2.33. The summed E-state index contributed by atoms with van der Waals surface area (Å²) in [5.41, 5.74) is 8.30. The maximum atomic E-state index is 10.8. The van der Waals surface area contributed by atoms with Crippen LogP contribution in [0.2, 0.25) is 0 Å². The number of anilines is 1. The van der Waals surface area contributed by atoms with Crippen molar-refractivity contribution in [2.24, 2.45) is 0 Å². The molecule has 0 unspecified atom stereocenters. The largest absolute Gasteiger partial charge is 0.399 e. The second kappa shape index (κ2) is 8.20. The lowest BCUT2D eigenvalue weighted by molar-refractivity contribution is -0.0177. The van der Waals surface area contributed by atoms with Crippen molar-refractivity contribution in [2.75, 3.05) is 25.4 Å². The molecule has 25 heavy (non-hydrogen) atoms. The van der Waals surface area contributed by atoms with Crippen LogP contribution in [-0.2, 0) is 12.8 Å². The normalized spacial score (nSPS) is 16.8. The average molecular weight is 334 g/mol. The number of hydrogen-bond donors (Lipinski definition) is 2. The summed E-state index contributed by atoms with van der Waals surface area (Å²) in [6.45, 7) is 2.58. The maximum absolute atomic E-state index is 10.8. The molecule has 0 saturated carbocycles. The monoisotopic (exact) mass is 334 g/mol. The summed E-state index contributed by atoms with van der Waals surface area (Å²) in [7, 11) is 0. The predicted molar refractivity (Wildman–Crippen MR) is 103 cm³/mol. The summed E-state index contributed by atoms with van der Waals surface area (Å²) in [5, 5.41) is 10.8. The van der Waals surface area contributed by atoms with Gasteiger partial charge in [0.1, 0.15) is 0 Å². The number of nitrogen functional groups attached to an aromatic ring is 1. The van der Waals surface area contributed by atoms with Crippen molar-refractivity contribution < 1.29 is 5.11 Å². The van der Waals surface area contributed by atoms with Crippen LogP contribution in [0.4, 0.5) is 5.69 Å². The van der Waals surface area contributed by atoms with E-state index in [9.17, 15) is 5.11 Å². The molecule has 3 nitrogen and oxygen atoms in total. The van der Waals surface area contributed by atoms with Crippen LogP contribution < -0.4 is 5.73 Å². The summed E-state index contributed by atoms with van der Waals surface area (Å²) < 4.78 is 0. The Morgan fingerprint density at radius 2 is 1.60 bits per heavy atom. The molecule has 1 aliphatic heterocycles. The van der Waals surface area contributed by atoms with Crippen LogP contribution in [0.1, 0.15) is 24.0 Å². The lowest BCUT2D eigenvalue weighted by Gasteiger charge is -2.37. The van der Waals surface area contributed by atoms with Gasteiger partial charge < -0.3 is 10.8 Å². The Bertz CT molecular complexity index is 720. The molecule has 0 radical (unpaired) electrons. The minimum Gasteiger partial charge on any atom is -0.399 e. The molecule has 0 spiro atoms. The number of hydrogen-bond acceptors (Lipinski definition) is 3. The Balaban J connectivity index is 1.43. The Morgan fingerprint density at radius 1 is 0.920 bits per heavy atom. The molecule has 3 rings (SSSR count). The molecular weight excluding hydrogens is 308 g/mol. The van der Waals surface area contributed by atoms with Crippen LogP contribution in [0.5, 0.6) is 0 Å². The van der Waals surface area contributed by atoms with E-state index in [2.05, 4.69) is 28.9 Å². The van der Waals surface area contributed by atoms with Crippen molar-refractivity contribution in [1.29, 1.82) is 0 Å². The van der Waals surface area contributed by atoms with E-state index in [0.717, 1.165) is 51.0 Å². The molecule has 3 heteroatoms. The molecule has 0 bridgehead atoms. The molecule has 1 aliphatic rings. The van der Waals surface area contributed by atoms with E-state index in [0.29, 0.717) is 0 Å². The zero-order valence-electron chi connectivity index (χ0n) is 14.6. The Hall–Kier alpha value is -2.28. The van der Waals surface area contributed by atoms with E-state index in [4.69, 9.17) is 5.73 Å². The first-order chi connectivity index (χ1) is 12.1. The van der Waals surface area contributed by atoms with Gasteiger partial charge in [-0.3, -0.25) is 4.90 Å². The second-order valence-corrected chi connectivity index (χ2v) is 6.93. The van der Waals surface area contributed by atoms with Gasteiger partial charge in [-0.2, -0.15) is 0 Å². The highest BCUT2D eigenvalue weighted by atomic mass is 16.3. The smallest absolute Gasteiger partial charge is 0.0712 e. The molecule has 0 aliphatic carbocycles. The molecule has 0 atom stereocenters. The van der Waals surface area contributed by atoms with E-state index in [-0.39, 0.29) is 0 Å². The van der Waals surface area contributed by atoms with Crippen molar-refractivity contribution >= 4 is 5.69 Å². The first-order valence-corrected chi connectivity index (χ1v) is 8.92. The van der Waals surface area contributed by atoms with Crippen LogP contribution in [0.15, 0.2) is 54.6 Å². The molecule has 2 aromatic carbocycles. The molecule has 1 heterocycles. The van der Waals surface area contributed by atoms with Crippen LogP contribution in [0, 0.1) is 11.8 Å². The number of aliphatic hydroxyl groups is 1. The van der Waals surface area contributed by atoms with Crippen molar-refractivity contribution in [3.05, 3.63) is 65.7 Å². The third-order valence-corrected chi connectivity index (χ3v) is 4.86. The summed E-state index contributed by atoms with van der Waals surface area (Å²) >= 11 is 0. The molecule has 130 valence electrons. The van der Waals surface area contributed by atoms with E-state index >= 15 is 0 Å². The maximum Gasteiger partial charge on any atom is 0.0712 e. The summed E-state index contributed by atoms with van der Waals surface area (Å²) in [5.74, 6) is 6.49. The highest BCUT2D eigenvalue weighted by Gasteiger charge is 2.31. The third-order valence-electron chi connectivity index (χ3n) is 4.86. The molecule has 0 amide bonds. The quantitative estimate of drug-likeness (QED) is 0.668. The summed E-state index contributed by atoms with van der Waals surface area (Å²) in [6.07, 6.45) is 3.11. The molecule has 2 aromatic rings. The summed E-state index contributed by atoms with van der Waals surface area (Å²) in [6, 6.07) is 18.1. The van der Waals surface area contributed by atoms with Gasteiger partial charge in [0, 0.05) is 31.6 Å². The fourth-order valence-corrected chi connectivity index (χ4v) is 3.25.